The van der Waals surface area contributed by atoms with Crippen molar-refractivity contribution in [3.8, 4) is 0 Å². The van der Waals surface area contributed by atoms with Crippen LogP contribution in [0.2, 0.25) is 0 Å². The summed E-state index contributed by atoms with van der Waals surface area (Å²) >= 11 is 0. The van der Waals surface area contributed by atoms with E-state index in [1.807, 2.05) is 0 Å². The van der Waals surface area contributed by atoms with E-state index in [-0.39, 0.29) is 18.4 Å². The van der Waals surface area contributed by atoms with Gasteiger partial charge < -0.3 is 4.74 Å². The lowest BCUT2D eigenvalue weighted by Gasteiger charge is -2.03. The molecule has 0 bridgehead atoms. The van der Waals surface area contributed by atoms with Crippen molar-refractivity contribution in [2.24, 2.45) is 0 Å². The van der Waals surface area contributed by atoms with Crippen LogP contribution in [0.3, 0.4) is 0 Å². The van der Waals surface area contributed by atoms with Gasteiger partial charge in [-0.05, 0) is 18.9 Å². The first-order valence-electron chi connectivity index (χ1n) is 4.71. The molecule has 1 saturated carbocycles. The maximum Gasteiger partial charge on any atom is 0.272 e. The van der Waals surface area contributed by atoms with Crippen LogP contribution in [-0.4, -0.2) is 11.0 Å². The highest BCUT2D eigenvalue weighted by molar-refractivity contribution is 5.33. The number of ether oxygens (including phenoxy) is 1. The first-order valence-corrected chi connectivity index (χ1v) is 4.71. The van der Waals surface area contributed by atoms with Gasteiger partial charge in [-0.25, -0.2) is 4.39 Å². The molecule has 80 valence electrons. The third kappa shape index (κ3) is 2.50. The second-order valence-electron chi connectivity index (χ2n) is 3.54. The van der Waals surface area contributed by atoms with Gasteiger partial charge in [-0.15, -0.1) is 0 Å². The molecule has 2 rings (SSSR count). The summed E-state index contributed by atoms with van der Waals surface area (Å²) in [6, 6.07) is 3.61. The normalized spacial score (nSPS) is 15.3. The third-order valence-corrected chi connectivity index (χ3v) is 2.25. The first kappa shape index (κ1) is 10.0. The van der Waals surface area contributed by atoms with Gasteiger partial charge in [0.05, 0.1) is 23.7 Å². The Morgan fingerprint density at radius 3 is 2.80 bits per heavy atom. The predicted octanol–water partition coefficient (Wildman–Crippen LogP) is 2.41. The second kappa shape index (κ2) is 3.94. The number of non-ortho nitro benzene ring substituents is 1. The molecule has 1 aliphatic carbocycles. The third-order valence-electron chi connectivity index (χ3n) is 2.25. The Bertz CT molecular complexity index is 390. The molecule has 1 aromatic carbocycles. The van der Waals surface area contributed by atoms with Crippen LogP contribution < -0.4 is 0 Å². The summed E-state index contributed by atoms with van der Waals surface area (Å²) in [5.41, 5.74) is 0.134. The largest absolute Gasteiger partial charge is 0.373 e. The lowest BCUT2D eigenvalue weighted by atomic mass is 10.2. The van der Waals surface area contributed by atoms with Crippen molar-refractivity contribution >= 4 is 5.69 Å². The van der Waals surface area contributed by atoms with Crippen molar-refractivity contribution in [1.29, 1.82) is 0 Å². The van der Waals surface area contributed by atoms with Gasteiger partial charge in [-0.3, -0.25) is 10.1 Å². The number of hydrogen-bond donors (Lipinski definition) is 0. The SMILES string of the molecule is O=[N+]([O-])c1ccc(COC2CC2)c(F)c1. The van der Waals surface area contributed by atoms with Crippen LogP contribution in [0.1, 0.15) is 18.4 Å². The van der Waals surface area contributed by atoms with Crippen molar-refractivity contribution in [3.05, 3.63) is 39.7 Å². The molecular weight excluding hydrogens is 201 g/mol. The summed E-state index contributed by atoms with van der Waals surface area (Å²) < 4.78 is 18.6. The van der Waals surface area contributed by atoms with E-state index in [2.05, 4.69) is 0 Å². The molecule has 0 amide bonds. The minimum atomic E-state index is -0.616. The molecule has 0 aliphatic heterocycles. The minimum absolute atomic E-state index is 0.189. The Labute approximate surface area is 85.8 Å². The zero-order chi connectivity index (χ0) is 10.8. The van der Waals surface area contributed by atoms with Crippen molar-refractivity contribution in [2.45, 2.75) is 25.6 Å². The van der Waals surface area contributed by atoms with Crippen LogP contribution in [0, 0.1) is 15.9 Å². The summed E-state index contributed by atoms with van der Waals surface area (Å²) in [5, 5.41) is 10.3. The summed E-state index contributed by atoms with van der Waals surface area (Å²) in [6.45, 7) is 0.189. The Morgan fingerprint density at radius 1 is 1.53 bits per heavy atom. The van der Waals surface area contributed by atoms with Gasteiger partial charge in [0.2, 0.25) is 0 Å². The summed E-state index contributed by atoms with van der Waals surface area (Å²) in [6.07, 6.45) is 2.29. The van der Waals surface area contributed by atoms with Gasteiger partial charge in [0.25, 0.3) is 5.69 Å². The van der Waals surface area contributed by atoms with E-state index in [1.165, 1.54) is 12.1 Å². The highest BCUT2D eigenvalue weighted by atomic mass is 19.1. The van der Waals surface area contributed by atoms with E-state index in [0.717, 1.165) is 18.9 Å². The van der Waals surface area contributed by atoms with Gasteiger partial charge in [0.15, 0.2) is 0 Å². The van der Waals surface area contributed by atoms with Crippen molar-refractivity contribution in [2.75, 3.05) is 0 Å². The molecule has 4 nitrogen and oxygen atoms in total. The molecule has 1 aliphatic rings. The van der Waals surface area contributed by atoms with Gasteiger partial charge in [-0.1, -0.05) is 0 Å². The number of nitro groups is 1. The Hall–Kier alpha value is -1.49. The van der Waals surface area contributed by atoms with Crippen molar-refractivity contribution < 1.29 is 14.1 Å². The van der Waals surface area contributed by atoms with E-state index < -0.39 is 10.7 Å². The number of hydrogen-bond acceptors (Lipinski definition) is 3. The van der Waals surface area contributed by atoms with E-state index in [9.17, 15) is 14.5 Å². The molecule has 0 aromatic heterocycles. The van der Waals surface area contributed by atoms with Gasteiger partial charge >= 0.3 is 0 Å². The van der Waals surface area contributed by atoms with Gasteiger partial charge in [0, 0.05) is 11.6 Å². The Kier molecular flexibility index (Phi) is 2.64. The zero-order valence-corrected chi connectivity index (χ0v) is 7.98. The lowest BCUT2D eigenvalue weighted by Crippen LogP contribution is -1.98. The molecule has 0 saturated heterocycles. The molecule has 0 heterocycles. The second-order valence-corrected chi connectivity index (χ2v) is 3.54. The van der Waals surface area contributed by atoms with Crippen molar-refractivity contribution in [1.82, 2.24) is 0 Å². The maximum atomic E-state index is 13.3. The molecule has 15 heavy (non-hydrogen) atoms. The molecule has 1 aromatic rings. The molecular formula is C10H10FNO3. The standard InChI is InChI=1S/C10H10FNO3/c11-10-5-8(12(13)14)2-1-7(10)6-15-9-3-4-9/h1-2,5,9H,3-4,6H2. The van der Waals surface area contributed by atoms with Crippen molar-refractivity contribution in [3.63, 3.8) is 0 Å². The Balaban J connectivity index is 2.07. The van der Waals surface area contributed by atoms with Crippen LogP contribution in [0.5, 0.6) is 0 Å². The number of benzene rings is 1. The average molecular weight is 211 g/mol. The molecule has 0 atom stereocenters. The molecule has 5 heteroatoms. The van der Waals surface area contributed by atoms with Crippen LogP contribution in [0.15, 0.2) is 18.2 Å². The Morgan fingerprint density at radius 2 is 2.27 bits per heavy atom. The van der Waals surface area contributed by atoms with E-state index >= 15 is 0 Å². The van der Waals surface area contributed by atoms with E-state index in [4.69, 9.17) is 4.74 Å². The molecule has 1 fully saturated rings. The topological polar surface area (TPSA) is 52.4 Å². The molecule has 0 unspecified atom stereocenters. The smallest absolute Gasteiger partial charge is 0.272 e. The summed E-state index contributed by atoms with van der Waals surface area (Å²) in [4.78, 5) is 9.73. The molecule has 0 spiro atoms. The van der Waals surface area contributed by atoms with Crippen LogP contribution in [0.4, 0.5) is 10.1 Å². The summed E-state index contributed by atoms with van der Waals surface area (Å²) in [5.74, 6) is -0.579. The van der Waals surface area contributed by atoms with Gasteiger partial charge in [0.1, 0.15) is 5.82 Å². The zero-order valence-electron chi connectivity index (χ0n) is 7.98. The first-order chi connectivity index (χ1) is 7.16. The number of halogens is 1. The van der Waals surface area contributed by atoms with Crippen LogP contribution in [-0.2, 0) is 11.3 Å². The molecule has 0 radical (unpaired) electrons. The fourth-order valence-electron chi connectivity index (χ4n) is 1.21. The monoisotopic (exact) mass is 211 g/mol. The van der Waals surface area contributed by atoms with E-state index in [0.29, 0.717) is 5.56 Å². The molecule has 0 N–H and O–H groups in total. The van der Waals surface area contributed by atoms with Gasteiger partial charge in [-0.2, -0.15) is 0 Å². The number of nitrogens with zero attached hydrogens (tertiary/aromatic N) is 1. The highest BCUT2D eigenvalue weighted by Gasteiger charge is 2.22. The lowest BCUT2D eigenvalue weighted by molar-refractivity contribution is -0.385. The predicted molar refractivity (Wildman–Crippen MR) is 50.9 cm³/mol. The van der Waals surface area contributed by atoms with Crippen LogP contribution >= 0.6 is 0 Å². The quantitative estimate of drug-likeness (QED) is 0.567. The summed E-state index contributed by atoms with van der Waals surface area (Å²) in [7, 11) is 0. The highest BCUT2D eigenvalue weighted by Crippen LogP contribution is 2.25. The van der Waals surface area contributed by atoms with Crippen LogP contribution in [0.25, 0.3) is 0 Å². The number of nitro benzene ring substituents is 1. The minimum Gasteiger partial charge on any atom is -0.373 e. The average Bonchev–Trinajstić information content (AvgIpc) is 2.99. The number of rotatable bonds is 4. The maximum absolute atomic E-state index is 13.3. The fraction of sp³-hybridized carbons (Fsp3) is 0.400. The van der Waals surface area contributed by atoms with E-state index in [1.54, 1.807) is 0 Å². The fourth-order valence-corrected chi connectivity index (χ4v) is 1.21.